The first-order chi connectivity index (χ1) is 11.2. The molecule has 0 saturated heterocycles. The number of hydrogen-bond donors (Lipinski definition) is 2. The largest absolute Gasteiger partial charge is 0.481 e. The quantitative estimate of drug-likeness (QED) is 0.760. The smallest absolute Gasteiger partial charge is 0.258 e. The molecule has 0 spiro atoms. The summed E-state index contributed by atoms with van der Waals surface area (Å²) in [6.45, 7) is 0. The molecule has 0 amide bonds. The Morgan fingerprint density at radius 1 is 1.17 bits per heavy atom. The van der Waals surface area contributed by atoms with E-state index in [1.54, 1.807) is 25.4 Å². The number of hydrogen-bond acceptors (Lipinski definition) is 8. The summed E-state index contributed by atoms with van der Waals surface area (Å²) in [6, 6.07) is 9.44. The molecule has 0 aliphatic carbocycles. The lowest BCUT2D eigenvalue weighted by Gasteiger charge is -2.08. The van der Waals surface area contributed by atoms with E-state index >= 15 is 0 Å². The van der Waals surface area contributed by atoms with Crippen molar-refractivity contribution in [3.63, 3.8) is 0 Å². The Labute approximate surface area is 132 Å². The molecule has 1 aromatic carbocycles. The van der Waals surface area contributed by atoms with Crippen LogP contribution in [0.1, 0.15) is 0 Å². The number of methoxy groups -OCH3 is 1. The van der Waals surface area contributed by atoms with Crippen LogP contribution < -0.4 is 20.7 Å². The molecule has 8 nitrogen and oxygen atoms in total. The zero-order chi connectivity index (χ0) is 15.8. The van der Waals surface area contributed by atoms with Crippen LogP contribution in [0.5, 0.6) is 5.88 Å². The molecule has 116 valence electrons. The van der Waals surface area contributed by atoms with Crippen LogP contribution in [0.2, 0.25) is 0 Å². The van der Waals surface area contributed by atoms with E-state index in [9.17, 15) is 0 Å². The third-order valence-electron chi connectivity index (χ3n) is 3.59. The van der Waals surface area contributed by atoms with Crippen molar-refractivity contribution in [2.75, 3.05) is 24.6 Å². The van der Waals surface area contributed by atoms with E-state index in [0.29, 0.717) is 17.6 Å². The maximum atomic E-state index is 5.38. The molecule has 3 aromatic rings. The van der Waals surface area contributed by atoms with Crippen molar-refractivity contribution in [2.45, 2.75) is 0 Å². The standard InChI is InChI=1S/C15H14N6O2/c1-21-12-4-3-10(7-11(12)18-20-21)15-17-14(19-23-15)9-5-6-16-13(8-9)22-2/h3-8,18,20H,1-2H3. The number of benzene rings is 1. The Hall–Kier alpha value is -3.13. The Bertz CT molecular complexity index is 863. The molecule has 4 rings (SSSR count). The third-order valence-corrected chi connectivity index (χ3v) is 3.59. The van der Waals surface area contributed by atoms with Crippen LogP contribution in [0.25, 0.3) is 22.8 Å². The summed E-state index contributed by atoms with van der Waals surface area (Å²) in [5, 5.41) is 5.92. The van der Waals surface area contributed by atoms with Gasteiger partial charge in [0.2, 0.25) is 11.7 Å². The second-order valence-corrected chi connectivity index (χ2v) is 5.04. The van der Waals surface area contributed by atoms with Gasteiger partial charge in [0.15, 0.2) is 0 Å². The Morgan fingerprint density at radius 3 is 2.96 bits per heavy atom. The molecule has 3 heterocycles. The summed E-state index contributed by atoms with van der Waals surface area (Å²) in [5.41, 5.74) is 9.71. The lowest BCUT2D eigenvalue weighted by molar-refractivity contribution is 0.398. The molecule has 1 aliphatic heterocycles. The van der Waals surface area contributed by atoms with Gasteiger partial charge in [-0.25, -0.2) is 4.98 Å². The first-order valence-corrected chi connectivity index (χ1v) is 6.98. The Morgan fingerprint density at radius 2 is 2.09 bits per heavy atom. The number of nitrogens with zero attached hydrogens (tertiary/aromatic N) is 4. The van der Waals surface area contributed by atoms with E-state index in [1.165, 1.54) is 0 Å². The van der Waals surface area contributed by atoms with Crippen LogP contribution in [0.4, 0.5) is 11.4 Å². The molecule has 0 fully saturated rings. The van der Waals surface area contributed by atoms with Gasteiger partial charge in [-0.05, 0) is 24.3 Å². The molecule has 0 radical (unpaired) electrons. The van der Waals surface area contributed by atoms with Gasteiger partial charge in [-0.1, -0.05) is 5.16 Å². The molecule has 0 saturated carbocycles. The zero-order valence-corrected chi connectivity index (χ0v) is 12.6. The summed E-state index contributed by atoms with van der Waals surface area (Å²) in [7, 11) is 3.50. The first-order valence-electron chi connectivity index (χ1n) is 6.98. The number of anilines is 2. The molecule has 2 aromatic heterocycles. The second kappa shape index (κ2) is 5.25. The number of hydrazine groups is 2. The van der Waals surface area contributed by atoms with Crippen molar-refractivity contribution in [1.82, 2.24) is 20.7 Å². The molecule has 23 heavy (non-hydrogen) atoms. The van der Waals surface area contributed by atoms with Crippen LogP contribution in [-0.2, 0) is 0 Å². The van der Waals surface area contributed by atoms with Gasteiger partial charge in [-0.3, -0.25) is 5.01 Å². The Balaban J connectivity index is 1.68. The van der Waals surface area contributed by atoms with Gasteiger partial charge in [-0.15, -0.1) is 5.53 Å². The van der Waals surface area contributed by atoms with E-state index < -0.39 is 0 Å². The highest BCUT2D eigenvalue weighted by Crippen LogP contribution is 2.32. The minimum Gasteiger partial charge on any atom is -0.481 e. The number of aromatic nitrogens is 3. The molecule has 2 N–H and O–H groups in total. The molecular weight excluding hydrogens is 296 g/mol. The van der Waals surface area contributed by atoms with Crippen LogP contribution in [0.3, 0.4) is 0 Å². The highest BCUT2D eigenvalue weighted by atomic mass is 16.5. The van der Waals surface area contributed by atoms with Gasteiger partial charge in [0, 0.05) is 30.4 Å². The number of fused-ring (bicyclic) bond motifs is 1. The average molecular weight is 310 g/mol. The van der Waals surface area contributed by atoms with Gasteiger partial charge < -0.3 is 14.7 Å². The highest BCUT2D eigenvalue weighted by Gasteiger charge is 2.18. The van der Waals surface area contributed by atoms with Gasteiger partial charge in [0.05, 0.1) is 18.5 Å². The van der Waals surface area contributed by atoms with Crippen LogP contribution in [0, 0.1) is 0 Å². The predicted molar refractivity (Wildman–Crippen MR) is 84.7 cm³/mol. The summed E-state index contributed by atoms with van der Waals surface area (Å²) >= 11 is 0. The van der Waals surface area contributed by atoms with Crippen molar-refractivity contribution in [2.24, 2.45) is 0 Å². The van der Waals surface area contributed by atoms with Crippen LogP contribution >= 0.6 is 0 Å². The second-order valence-electron chi connectivity index (χ2n) is 5.04. The van der Waals surface area contributed by atoms with Gasteiger partial charge >= 0.3 is 0 Å². The lowest BCUT2D eigenvalue weighted by atomic mass is 10.1. The normalized spacial score (nSPS) is 12.9. The summed E-state index contributed by atoms with van der Waals surface area (Å²) in [6.07, 6.45) is 1.64. The van der Waals surface area contributed by atoms with Crippen LogP contribution in [0.15, 0.2) is 41.1 Å². The minimum atomic E-state index is 0.454. The van der Waals surface area contributed by atoms with Crippen molar-refractivity contribution in [1.29, 1.82) is 0 Å². The highest BCUT2D eigenvalue weighted by molar-refractivity contribution is 5.78. The lowest BCUT2D eigenvalue weighted by Crippen LogP contribution is -2.31. The Kier molecular flexibility index (Phi) is 3.09. The van der Waals surface area contributed by atoms with Crippen molar-refractivity contribution < 1.29 is 9.26 Å². The molecular formula is C15H14N6O2. The monoisotopic (exact) mass is 310 g/mol. The number of pyridine rings is 1. The fourth-order valence-electron chi connectivity index (χ4n) is 2.38. The van der Waals surface area contributed by atoms with Gasteiger partial charge in [0.25, 0.3) is 5.89 Å². The zero-order valence-electron chi connectivity index (χ0n) is 12.6. The maximum absolute atomic E-state index is 5.38. The fourth-order valence-corrected chi connectivity index (χ4v) is 2.38. The van der Waals surface area contributed by atoms with Gasteiger partial charge in [-0.2, -0.15) is 4.98 Å². The molecule has 0 atom stereocenters. The number of rotatable bonds is 3. The average Bonchev–Trinajstić information content (AvgIpc) is 3.22. The van der Waals surface area contributed by atoms with E-state index in [2.05, 4.69) is 26.1 Å². The van der Waals surface area contributed by atoms with Crippen molar-refractivity contribution >= 4 is 11.4 Å². The molecule has 1 aliphatic rings. The summed E-state index contributed by atoms with van der Waals surface area (Å²) in [5.74, 6) is 1.45. The molecule has 0 unspecified atom stereocenters. The minimum absolute atomic E-state index is 0.454. The summed E-state index contributed by atoms with van der Waals surface area (Å²) < 4.78 is 10.5. The fraction of sp³-hybridized carbons (Fsp3) is 0.133. The molecule has 8 heteroatoms. The maximum Gasteiger partial charge on any atom is 0.258 e. The van der Waals surface area contributed by atoms with E-state index in [-0.39, 0.29) is 0 Å². The van der Waals surface area contributed by atoms with E-state index in [4.69, 9.17) is 9.26 Å². The third kappa shape index (κ3) is 2.34. The SMILES string of the molecule is COc1cc(-c2noc(-c3ccc4c(c3)NNN4C)n2)ccn1. The van der Waals surface area contributed by atoms with Gasteiger partial charge in [0.1, 0.15) is 0 Å². The van der Waals surface area contributed by atoms with Crippen molar-refractivity contribution in [3.8, 4) is 28.7 Å². The number of nitrogens with one attached hydrogen (secondary N) is 2. The predicted octanol–water partition coefficient (Wildman–Crippen LogP) is 2.09. The van der Waals surface area contributed by atoms with E-state index in [1.807, 2.05) is 30.3 Å². The topological polar surface area (TPSA) is 88.3 Å². The van der Waals surface area contributed by atoms with E-state index in [0.717, 1.165) is 22.5 Å². The van der Waals surface area contributed by atoms with Crippen molar-refractivity contribution in [3.05, 3.63) is 36.5 Å². The number of ether oxygens (including phenoxy) is 1. The molecule has 0 bridgehead atoms. The van der Waals surface area contributed by atoms with Crippen LogP contribution in [-0.4, -0.2) is 29.3 Å². The first kappa shape index (κ1) is 13.5. The summed E-state index contributed by atoms with van der Waals surface area (Å²) in [4.78, 5) is 8.51.